The van der Waals surface area contributed by atoms with E-state index in [1.807, 2.05) is 59.2 Å². The molecule has 0 aliphatic carbocycles. The molecule has 0 bridgehead atoms. The predicted molar refractivity (Wildman–Crippen MR) is 104 cm³/mol. The molecule has 0 aliphatic rings. The van der Waals surface area contributed by atoms with E-state index in [2.05, 4.69) is 10.2 Å². The normalized spacial score (nSPS) is 11.6. The highest BCUT2D eigenvalue weighted by Crippen LogP contribution is 2.29. The Kier molecular flexibility index (Phi) is 6.61. The maximum atomic E-state index is 12.5. The van der Waals surface area contributed by atoms with Gasteiger partial charge < -0.3 is 9.30 Å². The fourth-order valence-electron chi connectivity index (χ4n) is 2.69. The Morgan fingerprint density at radius 1 is 1.00 bits per heavy atom. The highest BCUT2D eigenvalue weighted by molar-refractivity contribution is 7.99. The van der Waals surface area contributed by atoms with Crippen molar-refractivity contribution in [2.75, 3.05) is 12.9 Å². The first-order valence-corrected chi connectivity index (χ1v) is 9.76. The number of hydrogen-bond donors (Lipinski definition) is 0. The van der Waals surface area contributed by atoms with Crippen molar-refractivity contribution in [1.82, 2.24) is 14.8 Å². The van der Waals surface area contributed by atoms with Crippen LogP contribution in [0.5, 0.6) is 5.75 Å². The van der Waals surface area contributed by atoms with Crippen LogP contribution in [-0.2, 0) is 13.0 Å². The largest absolute Gasteiger partial charge is 0.497 e. The van der Waals surface area contributed by atoms with Crippen LogP contribution in [0.25, 0.3) is 11.4 Å². The maximum Gasteiger partial charge on any atom is 0.389 e. The Balaban J connectivity index is 1.83. The van der Waals surface area contributed by atoms with Gasteiger partial charge in [0.2, 0.25) is 0 Å². The van der Waals surface area contributed by atoms with Gasteiger partial charge in [0.05, 0.1) is 13.5 Å². The summed E-state index contributed by atoms with van der Waals surface area (Å²) in [5, 5.41) is 8.88. The van der Waals surface area contributed by atoms with Gasteiger partial charge >= 0.3 is 6.18 Å². The molecule has 8 heteroatoms. The van der Waals surface area contributed by atoms with E-state index >= 15 is 0 Å². The van der Waals surface area contributed by atoms with Gasteiger partial charge in [0.15, 0.2) is 11.0 Å². The van der Waals surface area contributed by atoms with E-state index in [0.717, 1.165) is 35.1 Å². The Morgan fingerprint density at radius 3 is 2.36 bits per heavy atom. The van der Waals surface area contributed by atoms with E-state index in [-0.39, 0.29) is 5.75 Å². The summed E-state index contributed by atoms with van der Waals surface area (Å²) in [7, 11) is 1.59. The molecular formula is C20H20F3N3OS. The summed E-state index contributed by atoms with van der Waals surface area (Å²) in [6, 6.07) is 17.3. The summed E-state index contributed by atoms with van der Waals surface area (Å²) in [5.74, 6) is 1.27. The molecule has 0 unspecified atom stereocenters. The van der Waals surface area contributed by atoms with Crippen molar-refractivity contribution in [2.24, 2.45) is 0 Å². The fraction of sp³-hybridized carbons (Fsp3) is 0.300. The molecule has 0 amide bonds. The summed E-state index contributed by atoms with van der Waals surface area (Å²) in [6.07, 6.45) is -4.31. The van der Waals surface area contributed by atoms with E-state index in [1.165, 1.54) is 0 Å². The van der Waals surface area contributed by atoms with E-state index in [4.69, 9.17) is 4.74 Å². The number of alkyl halides is 3. The number of thioether (sulfide) groups is 1. The van der Waals surface area contributed by atoms with Crippen molar-refractivity contribution < 1.29 is 17.9 Å². The molecule has 0 N–H and O–H groups in total. The minimum Gasteiger partial charge on any atom is -0.497 e. The molecular weight excluding hydrogens is 387 g/mol. The third kappa shape index (κ3) is 5.51. The van der Waals surface area contributed by atoms with Gasteiger partial charge in [-0.1, -0.05) is 42.1 Å². The van der Waals surface area contributed by atoms with E-state index < -0.39 is 12.6 Å². The average Bonchev–Trinajstić information content (AvgIpc) is 3.09. The molecule has 148 valence electrons. The Bertz CT molecular complexity index is 880. The molecule has 0 aliphatic heterocycles. The Labute approximate surface area is 165 Å². The molecule has 0 atom stereocenters. The smallest absolute Gasteiger partial charge is 0.389 e. The van der Waals surface area contributed by atoms with Gasteiger partial charge in [-0.2, -0.15) is 13.2 Å². The lowest BCUT2D eigenvalue weighted by molar-refractivity contribution is -0.129. The summed E-state index contributed by atoms with van der Waals surface area (Å²) < 4.78 is 44.6. The highest BCUT2D eigenvalue weighted by atomic mass is 32.2. The fourth-order valence-corrected chi connectivity index (χ4v) is 3.64. The number of ether oxygens (including phenoxy) is 1. The van der Waals surface area contributed by atoms with Crippen LogP contribution < -0.4 is 4.74 Å². The number of benzene rings is 2. The van der Waals surface area contributed by atoms with Crippen LogP contribution in [0, 0.1) is 0 Å². The second-order valence-electron chi connectivity index (χ2n) is 6.14. The van der Waals surface area contributed by atoms with Gasteiger partial charge in [-0.15, -0.1) is 10.2 Å². The van der Waals surface area contributed by atoms with Crippen LogP contribution >= 0.6 is 11.8 Å². The minimum absolute atomic E-state index is 0.0877. The third-order valence-electron chi connectivity index (χ3n) is 4.15. The molecule has 1 aromatic heterocycles. The van der Waals surface area contributed by atoms with Crippen LogP contribution in [0.1, 0.15) is 12.0 Å². The maximum absolute atomic E-state index is 12.5. The number of methoxy groups -OCH3 is 1. The van der Waals surface area contributed by atoms with Gasteiger partial charge in [-0.3, -0.25) is 0 Å². The molecule has 0 spiro atoms. The van der Waals surface area contributed by atoms with E-state index in [0.29, 0.717) is 17.5 Å². The monoisotopic (exact) mass is 407 g/mol. The van der Waals surface area contributed by atoms with Crippen molar-refractivity contribution in [3.05, 3.63) is 60.2 Å². The van der Waals surface area contributed by atoms with Crippen molar-refractivity contribution in [1.29, 1.82) is 0 Å². The zero-order valence-corrected chi connectivity index (χ0v) is 16.1. The number of aryl methyl sites for hydroxylation is 1. The highest BCUT2D eigenvalue weighted by Gasteiger charge is 2.27. The number of aromatic nitrogens is 3. The molecule has 3 rings (SSSR count). The summed E-state index contributed by atoms with van der Waals surface area (Å²) in [6.45, 7) is 0.576. The van der Waals surface area contributed by atoms with Gasteiger partial charge in [0.1, 0.15) is 5.75 Å². The first kappa shape index (κ1) is 20.3. The average molecular weight is 407 g/mol. The van der Waals surface area contributed by atoms with Crippen LogP contribution in [0.3, 0.4) is 0 Å². The summed E-state index contributed by atoms with van der Waals surface area (Å²) in [5.41, 5.74) is 1.98. The second-order valence-corrected chi connectivity index (χ2v) is 7.20. The number of nitrogens with zero attached hydrogens (tertiary/aromatic N) is 3. The lowest BCUT2D eigenvalue weighted by atomic mass is 10.1. The van der Waals surface area contributed by atoms with E-state index in [1.54, 1.807) is 7.11 Å². The van der Waals surface area contributed by atoms with Crippen LogP contribution in [0.4, 0.5) is 13.2 Å². The van der Waals surface area contributed by atoms with Crippen LogP contribution in [0.2, 0.25) is 0 Å². The van der Waals surface area contributed by atoms with Gasteiger partial charge in [0.25, 0.3) is 0 Å². The lowest BCUT2D eigenvalue weighted by Crippen LogP contribution is -2.09. The quantitative estimate of drug-likeness (QED) is 0.479. The minimum atomic E-state index is -4.18. The molecule has 1 heterocycles. The Hall–Kier alpha value is -2.48. The van der Waals surface area contributed by atoms with Gasteiger partial charge in [-0.25, -0.2) is 0 Å². The zero-order chi connectivity index (χ0) is 20.0. The summed E-state index contributed by atoms with van der Waals surface area (Å²) >= 11 is 1.08. The van der Waals surface area contributed by atoms with Crippen LogP contribution in [-0.4, -0.2) is 33.8 Å². The van der Waals surface area contributed by atoms with Crippen molar-refractivity contribution in [3.8, 4) is 17.1 Å². The molecule has 0 saturated heterocycles. The number of hydrogen-bond acceptors (Lipinski definition) is 4. The third-order valence-corrected chi connectivity index (χ3v) is 5.12. The topological polar surface area (TPSA) is 39.9 Å². The Morgan fingerprint density at radius 2 is 1.71 bits per heavy atom. The zero-order valence-electron chi connectivity index (χ0n) is 15.3. The second kappa shape index (κ2) is 9.14. The van der Waals surface area contributed by atoms with E-state index in [9.17, 15) is 13.2 Å². The molecule has 2 aromatic carbocycles. The standard InChI is InChI=1S/C20H20F3N3OS/c1-27-17-9-7-16(8-10-17)18-24-25-19(28-14-12-20(21,22)23)26(18)13-11-15-5-3-2-4-6-15/h2-10H,11-14H2,1H3. The molecule has 4 nitrogen and oxygen atoms in total. The number of rotatable bonds is 8. The lowest BCUT2D eigenvalue weighted by Gasteiger charge is -2.11. The molecule has 28 heavy (non-hydrogen) atoms. The van der Waals surface area contributed by atoms with Crippen molar-refractivity contribution in [2.45, 2.75) is 30.7 Å². The first-order chi connectivity index (χ1) is 13.5. The predicted octanol–water partition coefficient (Wildman–Crippen LogP) is 5.24. The molecule has 0 fully saturated rings. The SMILES string of the molecule is COc1ccc(-c2nnc(SCCC(F)(F)F)n2CCc2ccccc2)cc1. The number of halogens is 3. The molecule has 0 radical (unpaired) electrons. The van der Waals surface area contributed by atoms with Gasteiger partial charge in [0, 0.05) is 17.9 Å². The molecule has 3 aromatic rings. The van der Waals surface area contributed by atoms with Gasteiger partial charge in [-0.05, 0) is 36.2 Å². The van der Waals surface area contributed by atoms with Crippen molar-refractivity contribution >= 4 is 11.8 Å². The first-order valence-electron chi connectivity index (χ1n) is 8.77. The van der Waals surface area contributed by atoms with Crippen LogP contribution in [0.15, 0.2) is 59.8 Å². The molecule has 0 saturated carbocycles. The van der Waals surface area contributed by atoms with Crippen molar-refractivity contribution in [3.63, 3.8) is 0 Å². The summed E-state index contributed by atoms with van der Waals surface area (Å²) in [4.78, 5) is 0.